The van der Waals surface area contributed by atoms with Crippen molar-refractivity contribution in [2.75, 3.05) is 5.32 Å². The molecule has 0 saturated heterocycles. The third-order valence-corrected chi connectivity index (χ3v) is 3.00. The summed E-state index contributed by atoms with van der Waals surface area (Å²) in [5.74, 6) is 2.27. The number of para-hydroxylation sites is 2. The van der Waals surface area contributed by atoms with Crippen molar-refractivity contribution in [3.63, 3.8) is 0 Å². The first-order valence-electron chi connectivity index (χ1n) is 6.25. The predicted octanol–water partition coefficient (Wildman–Crippen LogP) is 3.45. The van der Waals surface area contributed by atoms with Crippen LogP contribution in [0, 0.1) is 0 Å². The minimum absolute atomic E-state index is 0.636. The summed E-state index contributed by atoms with van der Waals surface area (Å²) < 4.78 is 5.85. The molecular weight excluding hydrogens is 226 g/mol. The van der Waals surface area contributed by atoms with Gasteiger partial charge in [0.25, 0.3) is 0 Å². The van der Waals surface area contributed by atoms with Crippen LogP contribution in [0.25, 0.3) is 0 Å². The van der Waals surface area contributed by atoms with Crippen LogP contribution in [0.5, 0.6) is 11.6 Å². The van der Waals surface area contributed by atoms with Gasteiger partial charge in [-0.25, -0.2) is 4.98 Å². The monoisotopic (exact) mass is 241 g/mol. The Bertz CT molecular complexity index is 596. The third-order valence-electron chi connectivity index (χ3n) is 3.00. The lowest BCUT2D eigenvalue weighted by atomic mass is 10.2. The van der Waals surface area contributed by atoms with E-state index in [1.807, 2.05) is 31.2 Å². The maximum Gasteiger partial charge on any atom is 0.247 e. The Balaban J connectivity index is 2.11. The highest BCUT2D eigenvalue weighted by Gasteiger charge is 2.21. The number of rotatable bonds is 2. The summed E-state index contributed by atoms with van der Waals surface area (Å²) in [6.07, 6.45) is 1.67. The van der Waals surface area contributed by atoms with Gasteiger partial charge in [-0.1, -0.05) is 26.0 Å². The van der Waals surface area contributed by atoms with Crippen molar-refractivity contribution in [2.45, 2.75) is 26.7 Å². The molecule has 1 aliphatic heterocycles. The van der Waals surface area contributed by atoms with E-state index < -0.39 is 0 Å². The molecule has 0 fully saturated rings. The van der Waals surface area contributed by atoms with E-state index in [9.17, 15) is 0 Å². The molecule has 0 saturated carbocycles. The lowest BCUT2D eigenvalue weighted by Crippen LogP contribution is -2.10. The van der Waals surface area contributed by atoms with Gasteiger partial charge in [0.1, 0.15) is 11.5 Å². The van der Waals surface area contributed by atoms with Crippen molar-refractivity contribution >= 4 is 11.4 Å². The van der Waals surface area contributed by atoms with Gasteiger partial charge >= 0.3 is 0 Å². The van der Waals surface area contributed by atoms with Crippen LogP contribution in [0.15, 0.2) is 24.3 Å². The Kier molecular flexibility index (Phi) is 2.63. The summed E-state index contributed by atoms with van der Waals surface area (Å²) in [5.41, 5.74) is 2.87. The molecule has 1 aliphatic rings. The van der Waals surface area contributed by atoms with Gasteiger partial charge in [0.15, 0.2) is 5.75 Å². The van der Waals surface area contributed by atoms with Crippen LogP contribution in [0.3, 0.4) is 0 Å². The number of ether oxygens (including phenoxy) is 1. The summed E-state index contributed by atoms with van der Waals surface area (Å²) in [5, 5.41) is 3.36. The Morgan fingerprint density at radius 2 is 1.94 bits per heavy atom. The largest absolute Gasteiger partial charge is 0.435 e. The number of benzene rings is 1. The maximum atomic E-state index is 5.85. The van der Waals surface area contributed by atoms with Gasteiger partial charge in [-0.2, -0.15) is 4.98 Å². The Hall–Kier alpha value is -2.10. The molecule has 1 aromatic heterocycles. The molecule has 1 aromatic carbocycles. The molecule has 0 bridgehead atoms. The van der Waals surface area contributed by atoms with Crippen LogP contribution in [0.4, 0.5) is 11.4 Å². The quantitative estimate of drug-likeness (QED) is 0.746. The summed E-state index contributed by atoms with van der Waals surface area (Å²) in [4.78, 5) is 8.99. The van der Waals surface area contributed by atoms with Crippen LogP contribution in [0.1, 0.15) is 25.4 Å². The van der Waals surface area contributed by atoms with E-state index in [2.05, 4.69) is 22.2 Å². The van der Waals surface area contributed by atoms with Gasteiger partial charge in [0.05, 0.1) is 11.4 Å². The van der Waals surface area contributed by atoms with E-state index in [1.54, 1.807) is 0 Å². The minimum atomic E-state index is 0.636. The zero-order valence-electron chi connectivity index (χ0n) is 10.5. The third kappa shape index (κ3) is 1.70. The van der Waals surface area contributed by atoms with E-state index in [1.165, 1.54) is 0 Å². The highest BCUT2D eigenvalue weighted by molar-refractivity contribution is 5.75. The van der Waals surface area contributed by atoms with Crippen LogP contribution in [-0.2, 0) is 12.8 Å². The normalized spacial score (nSPS) is 12.1. The number of nitrogens with zero attached hydrogens (tertiary/aromatic N) is 2. The standard InChI is InChI=1S/C14H15N3O/c1-3-9-13-14(17-12(4-2)15-9)18-11-8-6-5-7-10(11)16-13/h5-8,16H,3-4H2,1-2H3. The highest BCUT2D eigenvalue weighted by Crippen LogP contribution is 2.41. The molecule has 1 N–H and O–H groups in total. The molecule has 2 aromatic rings. The Morgan fingerprint density at radius 3 is 2.72 bits per heavy atom. The van der Waals surface area contributed by atoms with E-state index in [4.69, 9.17) is 4.74 Å². The average Bonchev–Trinajstić information content (AvgIpc) is 2.43. The minimum Gasteiger partial charge on any atom is -0.435 e. The number of nitrogens with one attached hydrogen (secondary N) is 1. The first-order valence-corrected chi connectivity index (χ1v) is 6.25. The lowest BCUT2D eigenvalue weighted by molar-refractivity contribution is 0.456. The van der Waals surface area contributed by atoms with Crippen molar-refractivity contribution in [2.24, 2.45) is 0 Å². The second-order valence-corrected chi connectivity index (χ2v) is 4.20. The molecule has 0 spiro atoms. The number of hydrogen-bond acceptors (Lipinski definition) is 4. The predicted molar refractivity (Wildman–Crippen MR) is 70.6 cm³/mol. The fourth-order valence-electron chi connectivity index (χ4n) is 2.04. The molecule has 4 nitrogen and oxygen atoms in total. The van der Waals surface area contributed by atoms with Crippen molar-refractivity contribution < 1.29 is 4.74 Å². The smallest absolute Gasteiger partial charge is 0.247 e. The van der Waals surface area contributed by atoms with Crippen molar-refractivity contribution in [1.82, 2.24) is 9.97 Å². The maximum absolute atomic E-state index is 5.85. The fraction of sp³-hybridized carbons (Fsp3) is 0.286. The van der Waals surface area contributed by atoms with Gasteiger partial charge < -0.3 is 10.1 Å². The highest BCUT2D eigenvalue weighted by atomic mass is 16.5. The molecule has 0 unspecified atom stereocenters. The van der Waals surface area contributed by atoms with Crippen LogP contribution in [-0.4, -0.2) is 9.97 Å². The van der Waals surface area contributed by atoms with Crippen molar-refractivity contribution in [3.8, 4) is 11.6 Å². The summed E-state index contributed by atoms with van der Waals surface area (Å²) in [6, 6.07) is 7.86. The van der Waals surface area contributed by atoms with E-state index in [0.29, 0.717) is 5.88 Å². The van der Waals surface area contributed by atoms with Gasteiger partial charge in [-0.05, 0) is 18.6 Å². The van der Waals surface area contributed by atoms with Gasteiger partial charge in [-0.3, -0.25) is 0 Å². The molecule has 2 heterocycles. The molecule has 3 rings (SSSR count). The number of aromatic nitrogens is 2. The van der Waals surface area contributed by atoms with Crippen LogP contribution in [0.2, 0.25) is 0 Å². The first-order chi connectivity index (χ1) is 8.81. The second kappa shape index (κ2) is 4.29. The zero-order valence-corrected chi connectivity index (χ0v) is 10.5. The first kappa shape index (κ1) is 11.0. The molecule has 0 amide bonds. The van der Waals surface area contributed by atoms with Crippen LogP contribution >= 0.6 is 0 Å². The van der Waals surface area contributed by atoms with Gasteiger partial charge in [0, 0.05) is 6.42 Å². The molecule has 18 heavy (non-hydrogen) atoms. The number of aryl methyl sites for hydroxylation is 2. The average molecular weight is 241 g/mol. The Morgan fingerprint density at radius 1 is 1.11 bits per heavy atom. The van der Waals surface area contributed by atoms with E-state index in [-0.39, 0.29) is 0 Å². The van der Waals surface area contributed by atoms with E-state index >= 15 is 0 Å². The molecular formula is C14H15N3O. The molecule has 4 heteroatoms. The van der Waals surface area contributed by atoms with Gasteiger partial charge in [0.2, 0.25) is 5.88 Å². The fourth-order valence-corrected chi connectivity index (χ4v) is 2.04. The lowest BCUT2D eigenvalue weighted by Gasteiger charge is -2.22. The molecule has 0 radical (unpaired) electrons. The number of fused-ring (bicyclic) bond motifs is 2. The zero-order chi connectivity index (χ0) is 12.5. The Labute approximate surface area is 106 Å². The van der Waals surface area contributed by atoms with E-state index in [0.717, 1.165) is 41.5 Å². The molecule has 92 valence electrons. The number of hydrogen-bond donors (Lipinski definition) is 1. The van der Waals surface area contributed by atoms with Gasteiger partial charge in [-0.15, -0.1) is 0 Å². The topological polar surface area (TPSA) is 47.0 Å². The number of anilines is 2. The second-order valence-electron chi connectivity index (χ2n) is 4.20. The summed E-state index contributed by atoms with van der Waals surface area (Å²) in [6.45, 7) is 4.13. The molecule has 0 aliphatic carbocycles. The van der Waals surface area contributed by atoms with Crippen molar-refractivity contribution in [1.29, 1.82) is 0 Å². The van der Waals surface area contributed by atoms with Crippen molar-refractivity contribution in [3.05, 3.63) is 35.8 Å². The SMILES string of the molecule is CCc1nc(CC)c2c(n1)Oc1ccccc1N2. The molecule has 0 atom stereocenters. The summed E-state index contributed by atoms with van der Waals surface area (Å²) in [7, 11) is 0. The summed E-state index contributed by atoms with van der Waals surface area (Å²) >= 11 is 0. The van der Waals surface area contributed by atoms with Crippen LogP contribution < -0.4 is 10.1 Å².